The van der Waals surface area contributed by atoms with Gasteiger partial charge < -0.3 is 15.5 Å². The van der Waals surface area contributed by atoms with E-state index in [1.807, 2.05) is 36.4 Å². The Hall–Kier alpha value is -2.57. The summed E-state index contributed by atoms with van der Waals surface area (Å²) < 4.78 is 16.2. The number of benzene rings is 1. The van der Waals surface area contributed by atoms with Gasteiger partial charge in [0.2, 0.25) is 0 Å². The van der Waals surface area contributed by atoms with Crippen molar-refractivity contribution >= 4 is 11.7 Å². The van der Waals surface area contributed by atoms with Gasteiger partial charge in [0.1, 0.15) is 5.82 Å². The van der Waals surface area contributed by atoms with E-state index in [1.54, 1.807) is 6.07 Å². The molecule has 0 bridgehead atoms. The molecule has 7 heteroatoms. The minimum Gasteiger partial charge on any atom is -0.367 e. The topological polar surface area (TPSA) is 62.2 Å². The van der Waals surface area contributed by atoms with E-state index in [2.05, 4.69) is 28.7 Å². The van der Waals surface area contributed by atoms with E-state index >= 15 is 0 Å². The van der Waals surface area contributed by atoms with Gasteiger partial charge in [0.05, 0.1) is 11.4 Å². The van der Waals surface area contributed by atoms with Crippen molar-refractivity contribution < 1.29 is 9.18 Å². The van der Waals surface area contributed by atoms with E-state index in [0.29, 0.717) is 18.8 Å². The molecule has 2 atom stereocenters. The molecule has 1 aromatic heterocycles. The van der Waals surface area contributed by atoms with Crippen molar-refractivity contribution in [1.29, 1.82) is 0 Å². The van der Waals surface area contributed by atoms with Crippen LogP contribution in [0.1, 0.15) is 36.7 Å². The van der Waals surface area contributed by atoms with Gasteiger partial charge in [-0.2, -0.15) is 5.10 Å². The van der Waals surface area contributed by atoms with Crippen molar-refractivity contribution in [3.05, 3.63) is 47.0 Å². The van der Waals surface area contributed by atoms with E-state index < -0.39 is 0 Å². The summed E-state index contributed by atoms with van der Waals surface area (Å²) in [7, 11) is 0. The lowest BCUT2D eigenvalue weighted by Gasteiger charge is -2.35. The summed E-state index contributed by atoms with van der Waals surface area (Å²) in [5, 5.41) is 10.5. The number of nitrogens with zero attached hydrogens (tertiary/aromatic N) is 3. The Morgan fingerprint density at radius 3 is 2.83 bits per heavy atom. The number of amides is 2. The number of piperidine rings is 1. The first-order valence-electron chi connectivity index (χ1n) is 10.4. The summed E-state index contributed by atoms with van der Waals surface area (Å²) in [6.07, 6.45) is 1.82. The highest BCUT2D eigenvalue weighted by molar-refractivity contribution is 5.74. The molecule has 2 amide bonds. The summed E-state index contributed by atoms with van der Waals surface area (Å²) >= 11 is 0. The summed E-state index contributed by atoms with van der Waals surface area (Å²) in [6, 6.07) is 7.06. The van der Waals surface area contributed by atoms with Crippen LogP contribution in [0.4, 0.5) is 14.9 Å². The van der Waals surface area contributed by atoms with Gasteiger partial charge in [-0.15, -0.1) is 0 Å². The highest BCUT2D eigenvalue weighted by Gasteiger charge is 2.23. The third-order valence-electron chi connectivity index (χ3n) is 5.40. The third kappa shape index (κ3) is 5.71. The SMILES string of the molecule is Cc1ccc(F)c(N2CCCC(NC(=O)NCC(C)Cn3nc(C)cc3C)C2)c1. The molecule has 29 heavy (non-hydrogen) atoms. The molecule has 1 aliphatic rings. The van der Waals surface area contributed by atoms with Crippen LogP contribution in [0.5, 0.6) is 0 Å². The maximum atomic E-state index is 14.2. The van der Waals surface area contributed by atoms with Gasteiger partial charge in [-0.25, -0.2) is 9.18 Å². The van der Waals surface area contributed by atoms with E-state index in [9.17, 15) is 9.18 Å². The zero-order valence-electron chi connectivity index (χ0n) is 17.8. The molecule has 2 heterocycles. The molecule has 1 aliphatic heterocycles. The molecule has 3 rings (SSSR count). The monoisotopic (exact) mass is 401 g/mol. The number of rotatable bonds is 6. The standard InChI is InChI=1S/C22H32FN5O/c1-15-7-8-20(23)21(10-15)27-9-5-6-19(14-27)25-22(29)24-12-16(2)13-28-18(4)11-17(3)26-28/h7-8,10-11,16,19H,5-6,9,12-14H2,1-4H3,(H2,24,25,29). The predicted octanol–water partition coefficient (Wildman–Crippen LogP) is 3.55. The van der Waals surface area contributed by atoms with Crippen LogP contribution < -0.4 is 15.5 Å². The first-order chi connectivity index (χ1) is 13.8. The number of aromatic nitrogens is 2. The second-order valence-corrected chi connectivity index (χ2v) is 8.31. The second kappa shape index (κ2) is 9.29. The van der Waals surface area contributed by atoms with Gasteiger partial charge in [-0.05, 0) is 63.3 Å². The highest BCUT2D eigenvalue weighted by atomic mass is 19.1. The van der Waals surface area contributed by atoms with Crippen molar-refractivity contribution in [3.63, 3.8) is 0 Å². The van der Waals surface area contributed by atoms with Crippen molar-refractivity contribution in [2.75, 3.05) is 24.5 Å². The molecule has 1 saturated heterocycles. The van der Waals surface area contributed by atoms with Gasteiger partial charge in [0.25, 0.3) is 0 Å². The number of hydrogen-bond donors (Lipinski definition) is 2. The maximum Gasteiger partial charge on any atom is 0.315 e. The zero-order chi connectivity index (χ0) is 21.0. The molecule has 1 fully saturated rings. The molecule has 0 aliphatic carbocycles. The van der Waals surface area contributed by atoms with Gasteiger partial charge >= 0.3 is 6.03 Å². The summed E-state index contributed by atoms with van der Waals surface area (Å²) in [6.45, 7) is 10.9. The Kier molecular flexibility index (Phi) is 6.77. The zero-order valence-corrected chi connectivity index (χ0v) is 17.8. The lowest BCUT2D eigenvalue weighted by atomic mass is 10.0. The number of urea groups is 1. The van der Waals surface area contributed by atoms with Crippen LogP contribution in [0.2, 0.25) is 0 Å². The van der Waals surface area contributed by atoms with Crippen LogP contribution in [0.25, 0.3) is 0 Å². The molecule has 6 nitrogen and oxygen atoms in total. The van der Waals surface area contributed by atoms with E-state index in [4.69, 9.17) is 0 Å². The average molecular weight is 402 g/mol. The normalized spacial score (nSPS) is 17.8. The number of aryl methyl sites for hydroxylation is 3. The molecular weight excluding hydrogens is 369 g/mol. The minimum atomic E-state index is -0.210. The number of anilines is 1. The van der Waals surface area contributed by atoms with Crippen LogP contribution in [0, 0.1) is 32.5 Å². The van der Waals surface area contributed by atoms with Crippen LogP contribution in [-0.2, 0) is 6.54 Å². The van der Waals surface area contributed by atoms with Crippen molar-refractivity contribution in [1.82, 2.24) is 20.4 Å². The van der Waals surface area contributed by atoms with Crippen LogP contribution in [-0.4, -0.2) is 41.5 Å². The van der Waals surface area contributed by atoms with Crippen molar-refractivity contribution in [2.45, 2.75) is 53.1 Å². The highest BCUT2D eigenvalue weighted by Crippen LogP contribution is 2.24. The number of halogens is 1. The number of nitrogens with one attached hydrogen (secondary N) is 2. The van der Waals surface area contributed by atoms with E-state index in [-0.39, 0.29) is 23.8 Å². The molecule has 158 valence electrons. The van der Waals surface area contributed by atoms with E-state index in [0.717, 1.165) is 42.9 Å². The fraction of sp³-hybridized carbons (Fsp3) is 0.545. The molecule has 0 radical (unpaired) electrons. The van der Waals surface area contributed by atoms with Crippen LogP contribution in [0.3, 0.4) is 0 Å². The second-order valence-electron chi connectivity index (χ2n) is 8.31. The number of hydrogen-bond acceptors (Lipinski definition) is 3. The van der Waals surface area contributed by atoms with Gasteiger partial charge in [-0.3, -0.25) is 4.68 Å². The Labute approximate surface area is 172 Å². The van der Waals surface area contributed by atoms with Crippen LogP contribution >= 0.6 is 0 Å². The Balaban J connectivity index is 1.47. The van der Waals surface area contributed by atoms with E-state index in [1.165, 1.54) is 6.07 Å². The molecular formula is C22H32FN5O. The fourth-order valence-electron chi connectivity index (χ4n) is 3.90. The predicted molar refractivity (Wildman–Crippen MR) is 114 cm³/mol. The van der Waals surface area contributed by atoms with Crippen LogP contribution in [0.15, 0.2) is 24.3 Å². The van der Waals surface area contributed by atoms with Gasteiger partial charge in [0, 0.05) is 37.9 Å². The Bertz CT molecular complexity index is 850. The first-order valence-corrected chi connectivity index (χ1v) is 10.4. The molecule has 0 spiro atoms. The van der Waals surface area contributed by atoms with Crippen molar-refractivity contribution in [2.24, 2.45) is 5.92 Å². The fourth-order valence-corrected chi connectivity index (χ4v) is 3.90. The Morgan fingerprint density at radius 1 is 1.31 bits per heavy atom. The molecule has 2 N–H and O–H groups in total. The maximum absolute atomic E-state index is 14.2. The third-order valence-corrected chi connectivity index (χ3v) is 5.40. The first kappa shape index (κ1) is 21.1. The van der Waals surface area contributed by atoms with Gasteiger partial charge in [-0.1, -0.05) is 13.0 Å². The largest absolute Gasteiger partial charge is 0.367 e. The molecule has 0 saturated carbocycles. The quantitative estimate of drug-likeness (QED) is 0.778. The summed E-state index contributed by atoms with van der Waals surface area (Å²) in [5.41, 5.74) is 3.79. The van der Waals surface area contributed by atoms with Crippen molar-refractivity contribution in [3.8, 4) is 0 Å². The molecule has 1 aromatic carbocycles. The molecule has 2 aromatic rings. The molecule has 2 unspecified atom stereocenters. The lowest BCUT2D eigenvalue weighted by molar-refractivity contribution is 0.232. The summed E-state index contributed by atoms with van der Waals surface area (Å²) in [5.74, 6) is 0.0571. The Morgan fingerprint density at radius 2 is 2.10 bits per heavy atom. The lowest BCUT2D eigenvalue weighted by Crippen LogP contribution is -2.51. The smallest absolute Gasteiger partial charge is 0.315 e. The summed E-state index contributed by atoms with van der Waals surface area (Å²) in [4.78, 5) is 14.4. The van der Waals surface area contributed by atoms with Gasteiger partial charge in [0.15, 0.2) is 0 Å². The number of carbonyl (C=O) groups excluding carboxylic acids is 1. The average Bonchev–Trinajstić information content (AvgIpc) is 2.99. The minimum absolute atomic E-state index is 0.00924. The number of carbonyl (C=O) groups is 1.